The number of aromatic nitrogens is 2. The fraction of sp³-hybridized carbons (Fsp3) is 0.412. The van der Waals surface area contributed by atoms with Crippen LogP contribution in [-0.4, -0.2) is 42.8 Å². The molecule has 1 aromatic heterocycles. The van der Waals surface area contributed by atoms with Crippen molar-refractivity contribution in [2.75, 3.05) is 23.9 Å². The summed E-state index contributed by atoms with van der Waals surface area (Å²) in [6.45, 7) is 0.707. The molecule has 7 nitrogen and oxygen atoms in total. The average Bonchev–Trinajstić information content (AvgIpc) is 3.17. The molecule has 2 N–H and O–H groups in total. The van der Waals surface area contributed by atoms with E-state index in [-0.39, 0.29) is 17.0 Å². The van der Waals surface area contributed by atoms with Crippen molar-refractivity contribution in [2.24, 2.45) is 5.41 Å². The molecule has 0 bridgehead atoms. The highest BCUT2D eigenvalue weighted by atomic mass is 32.2. The average molecular weight is 380 g/mol. The molecule has 0 unspecified atom stereocenters. The minimum absolute atomic E-state index is 0.0861. The molecule has 9 heteroatoms. The molecule has 1 heterocycles. The van der Waals surface area contributed by atoms with Crippen LogP contribution in [0.4, 0.5) is 15.0 Å². The lowest BCUT2D eigenvalue weighted by molar-refractivity contribution is 0.250. The Morgan fingerprint density at radius 3 is 2.58 bits per heavy atom. The molecule has 0 aliphatic heterocycles. The van der Waals surface area contributed by atoms with Crippen LogP contribution < -0.4 is 10.6 Å². The van der Waals surface area contributed by atoms with Crippen molar-refractivity contribution in [2.45, 2.75) is 19.4 Å². The molecule has 1 saturated carbocycles. The summed E-state index contributed by atoms with van der Waals surface area (Å²) >= 11 is 0. The van der Waals surface area contributed by atoms with Gasteiger partial charge in [-0.05, 0) is 30.5 Å². The predicted molar refractivity (Wildman–Crippen MR) is 96.1 cm³/mol. The van der Waals surface area contributed by atoms with Crippen LogP contribution in [0.1, 0.15) is 18.4 Å². The molecule has 26 heavy (non-hydrogen) atoms. The van der Waals surface area contributed by atoms with Crippen molar-refractivity contribution in [3.63, 3.8) is 0 Å². The van der Waals surface area contributed by atoms with E-state index in [0.717, 1.165) is 18.4 Å². The Balaban J connectivity index is 1.55. The maximum Gasteiger partial charge on any atom is 0.320 e. The first-order valence-electron chi connectivity index (χ1n) is 8.24. The topological polar surface area (TPSA) is 93.1 Å². The van der Waals surface area contributed by atoms with Crippen LogP contribution in [0.15, 0.2) is 36.5 Å². The highest BCUT2D eigenvalue weighted by Crippen LogP contribution is 2.46. The minimum atomic E-state index is -3.07. The van der Waals surface area contributed by atoms with Gasteiger partial charge in [-0.3, -0.25) is 5.32 Å². The molecule has 0 saturated heterocycles. The number of anilines is 1. The van der Waals surface area contributed by atoms with Crippen LogP contribution >= 0.6 is 0 Å². The number of carbonyl (C=O) groups is 1. The number of nitrogens with zero attached hydrogens (tertiary/aromatic N) is 2. The highest BCUT2D eigenvalue weighted by Gasteiger charge is 2.45. The number of hydrogen-bond acceptors (Lipinski definition) is 4. The Kier molecular flexibility index (Phi) is 4.99. The second-order valence-electron chi connectivity index (χ2n) is 6.88. The molecule has 2 aromatic rings. The van der Waals surface area contributed by atoms with Crippen LogP contribution in [-0.2, 0) is 16.4 Å². The number of urea groups is 1. The zero-order valence-corrected chi connectivity index (χ0v) is 15.2. The van der Waals surface area contributed by atoms with Crippen molar-refractivity contribution in [3.8, 4) is 0 Å². The first-order valence-corrected chi connectivity index (χ1v) is 10.3. The van der Waals surface area contributed by atoms with E-state index in [1.807, 2.05) is 0 Å². The number of sulfone groups is 1. The third kappa shape index (κ3) is 5.04. The molecule has 0 radical (unpaired) electrons. The minimum Gasteiger partial charge on any atom is -0.337 e. The largest absolute Gasteiger partial charge is 0.337 e. The molecule has 3 rings (SSSR count). The third-order valence-corrected chi connectivity index (χ3v) is 5.49. The van der Waals surface area contributed by atoms with Crippen LogP contribution in [0.2, 0.25) is 0 Å². The molecule has 1 aliphatic carbocycles. The maximum absolute atomic E-state index is 13.0. The Morgan fingerprint density at radius 2 is 1.96 bits per heavy atom. The van der Waals surface area contributed by atoms with E-state index in [0.29, 0.717) is 18.9 Å². The predicted octanol–water partition coefficient (Wildman–Crippen LogP) is 2.02. The van der Waals surface area contributed by atoms with E-state index >= 15 is 0 Å². The van der Waals surface area contributed by atoms with Gasteiger partial charge in [-0.25, -0.2) is 22.3 Å². The number of benzene rings is 1. The van der Waals surface area contributed by atoms with Crippen LogP contribution in [0.25, 0.3) is 0 Å². The summed E-state index contributed by atoms with van der Waals surface area (Å²) < 4.78 is 37.5. The Labute approximate surface area is 151 Å². The summed E-state index contributed by atoms with van der Waals surface area (Å²) in [5.41, 5.74) is 0.517. The fourth-order valence-corrected chi connectivity index (χ4v) is 4.36. The zero-order chi connectivity index (χ0) is 18.8. The second kappa shape index (κ2) is 7.06. The number of rotatable bonds is 7. The van der Waals surface area contributed by atoms with E-state index < -0.39 is 15.9 Å². The Morgan fingerprint density at radius 1 is 1.27 bits per heavy atom. The number of carbonyl (C=O) groups excluding carboxylic acids is 1. The van der Waals surface area contributed by atoms with E-state index in [1.165, 1.54) is 18.4 Å². The van der Waals surface area contributed by atoms with Gasteiger partial charge in [0.05, 0.1) is 18.5 Å². The van der Waals surface area contributed by atoms with Gasteiger partial charge in [0.1, 0.15) is 21.5 Å². The van der Waals surface area contributed by atoms with E-state index in [2.05, 4.69) is 15.7 Å². The van der Waals surface area contributed by atoms with Gasteiger partial charge in [-0.1, -0.05) is 12.1 Å². The number of amides is 2. The molecule has 1 fully saturated rings. The lowest BCUT2D eigenvalue weighted by atomic mass is 10.1. The molecular weight excluding hydrogens is 359 g/mol. The molecular formula is C17H21FN4O3S. The van der Waals surface area contributed by atoms with E-state index in [4.69, 9.17) is 0 Å². The summed E-state index contributed by atoms with van der Waals surface area (Å²) in [6.07, 6.45) is 4.36. The molecule has 1 aliphatic rings. The highest BCUT2D eigenvalue weighted by molar-refractivity contribution is 7.90. The number of hydrogen-bond donors (Lipinski definition) is 2. The van der Waals surface area contributed by atoms with Gasteiger partial charge in [0.15, 0.2) is 0 Å². The fourth-order valence-electron chi connectivity index (χ4n) is 2.86. The maximum atomic E-state index is 13.0. The SMILES string of the molecule is CS(=O)(=O)CC1(CNC(=O)Nc2ccnn2Cc2ccc(F)cc2)CC1. The van der Waals surface area contributed by atoms with Crippen molar-refractivity contribution in [3.05, 3.63) is 47.9 Å². The summed E-state index contributed by atoms with van der Waals surface area (Å²) in [5, 5.41) is 9.61. The van der Waals surface area contributed by atoms with Crippen LogP contribution in [0, 0.1) is 11.2 Å². The van der Waals surface area contributed by atoms with Crippen LogP contribution in [0.3, 0.4) is 0 Å². The van der Waals surface area contributed by atoms with Crippen molar-refractivity contribution in [1.82, 2.24) is 15.1 Å². The first kappa shape index (κ1) is 18.4. The summed E-state index contributed by atoms with van der Waals surface area (Å²) in [5.74, 6) is 0.276. The summed E-state index contributed by atoms with van der Waals surface area (Å²) in [4.78, 5) is 12.1. The van der Waals surface area contributed by atoms with Gasteiger partial charge >= 0.3 is 6.03 Å². The Bertz CT molecular complexity index is 889. The summed E-state index contributed by atoms with van der Waals surface area (Å²) in [7, 11) is -3.07. The van der Waals surface area contributed by atoms with Crippen molar-refractivity contribution >= 4 is 21.7 Å². The molecule has 0 spiro atoms. The molecule has 0 atom stereocenters. The quantitative estimate of drug-likeness (QED) is 0.768. The monoisotopic (exact) mass is 380 g/mol. The molecule has 1 aromatic carbocycles. The van der Waals surface area contributed by atoms with Gasteiger partial charge in [0.25, 0.3) is 0 Å². The first-order chi connectivity index (χ1) is 12.2. The van der Waals surface area contributed by atoms with E-state index in [9.17, 15) is 17.6 Å². The second-order valence-corrected chi connectivity index (χ2v) is 9.02. The summed E-state index contributed by atoms with van der Waals surface area (Å²) in [6, 6.07) is 7.30. The molecule has 140 valence electrons. The van der Waals surface area contributed by atoms with Gasteiger partial charge in [0.2, 0.25) is 0 Å². The van der Waals surface area contributed by atoms with Crippen LogP contribution in [0.5, 0.6) is 0 Å². The van der Waals surface area contributed by atoms with Gasteiger partial charge in [0, 0.05) is 24.3 Å². The van der Waals surface area contributed by atoms with Crippen molar-refractivity contribution < 1.29 is 17.6 Å². The number of halogens is 1. The van der Waals surface area contributed by atoms with Gasteiger partial charge in [-0.2, -0.15) is 5.10 Å². The zero-order valence-electron chi connectivity index (χ0n) is 14.4. The molecule has 2 amide bonds. The smallest absolute Gasteiger partial charge is 0.320 e. The number of nitrogens with one attached hydrogen (secondary N) is 2. The van der Waals surface area contributed by atoms with E-state index in [1.54, 1.807) is 29.1 Å². The standard InChI is InChI=1S/C17H21FN4O3S/c1-26(24,25)12-17(7-8-17)11-19-16(23)21-15-6-9-20-22(15)10-13-2-4-14(18)5-3-13/h2-6,9H,7-8,10-12H2,1H3,(H2,19,21,23). The normalized spacial score (nSPS) is 15.5. The Hall–Kier alpha value is -2.42. The van der Waals surface area contributed by atoms with Crippen molar-refractivity contribution in [1.29, 1.82) is 0 Å². The third-order valence-electron chi connectivity index (χ3n) is 4.35. The van der Waals surface area contributed by atoms with Gasteiger partial charge in [-0.15, -0.1) is 0 Å². The van der Waals surface area contributed by atoms with Gasteiger partial charge < -0.3 is 5.32 Å². The lowest BCUT2D eigenvalue weighted by Crippen LogP contribution is -2.36. The lowest BCUT2D eigenvalue weighted by Gasteiger charge is -2.15.